The highest BCUT2D eigenvalue weighted by atomic mass is 16.5. The average Bonchev–Trinajstić information content (AvgIpc) is 0.802. The third-order valence-electron chi connectivity index (χ3n) is 16.6. The van der Waals surface area contributed by atoms with Gasteiger partial charge in [0, 0.05) is 73.9 Å². The van der Waals surface area contributed by atoms with Gasteiger partial charge >= 0.3 is 0 Å². The summed E-state index contributed by atoms with van der Waals surface area (Å²) < 4.78 is 79.4. The lowest BCUT2D eigenvalue weighted by Crippen LogP contribution is -2.69. The maximum Gasteiger partial charge on any atom is 0.252 e. The van der Waals surface area contributed by atoms with Gasteiger partial charge in [-0.3, -0.25) is 0 Å². The van der Waals surface area contributed by atoms with Crippen LogP contribution in [0.3, 0.4) is 0 Å². The average molecular weight is 960 g/mol. The SMILES string of the molecule is [2H]c1cc([2H])cc(N2c3ccccc3B3c4cc5c(cc4N(c4cc([2H])cc([2H])c4)c4cccc2c43)N(c2cc([2H])cc([2H])c2)c2cc3c4c6c2B5c2cccc5c2N6c2c(cccc2B4c2ccccc2N3c2cc([2H])cc([2H])c2)O5)c1. The molecular formula is C66H40B3N5O. The molecule has 0 atom stereocenters. The van der Waals surface area contributed by atoms with Gasteiger partial charge in [0.05, 0.1) is 22.3 Å². The maximum absolute atomic E-state index is 9.27. The van der Waals surface area contributed by atoms with Gasteiger partial charge in [-0.05, 0) is 146 Å². The van der Waals surface area contributed by atoms with Crippen molar-refractivity contribution >= 4 is 155 Å². The Kier molecular flexibility index (Phi) is 6.44. The fourth-order valence-corrected chi connectivity index (χ4v) is 14.0. The topological polar surface area (TPSA) is 25.4 Å². The Bertz CT molecular complexity index is 4750. The first-order chi connectivity index (χ1) is 40.4. The molecule has 6 nitrogen and oxygen atoms in total. The van der Waals surface area contributed by atoms with E-state index in [2.05, 4.69) is 128 Å². The minimum atomic E-state index is -0.409. The molecule has 0 amide bonds. The first-order valence-corrected chi connectivity index (χ1v) is 25.4. The van der Waals surface area contributed by atoms with Gasteiger partial charge in [0.2, 0.25) is 0 Å². The molecule has 0 N–H and O–H groups in total. The van der Waals surface area contributed by atoms with Crippen LogP contribution in [0.5, 0.6) is 11.5 Å². The number of anilines is 15. The van der Waals surface area contributed by atoms with E-state index in [0.717, 1.165) is 123 Å². The van der Waals surface area contributed by atoms with Crippen LogP contribution in [0.4, 0.5) is 85.3 Å². The van der Waals surface area contributed by atoms with E-state index in [9.17, 15) is 2.74 Å². The molecule has 0 saturated heterocycles. The Morgan fingerprint density at radius 2 is 0.627 bits per heavy atom. The summed E-state index contributed by atoms with van der Waals surface area (Å²) in [5, 5.41) is 0. The number of hydrogen-bond acceptors (Lipinski definition) is 6. The van der Waals surface area contributed by atoms with Crippen LogP contribution in [0.1, 0.15) is 11.0 Å². The van der Waals surface area contributed by atoms with Crippen molar-refractivity contribution in [2.75, 3.05) is 24.5 Å². The molecular weight excluding hydrogens is 911 g/mol. The van der Waals surface area contributed by atoms with E-state index in [-0.39, 0.29) is 61.8 Å². The Labute approximate surface area is 447 Å². The van der Waals surface area contributed by atoms with Gasteiger partial charge in [-0.15, -0.1) is 0 Å². The molecule has 7 aliphatic rings. The van der Waals surface area contributed by atoms with E-state index in [0.29, 0.717) is 22.7 Å². The van der Waals surface area contributed by atoms with Gasteiger partial charge in [-0.2, -0.15) is 0 Å². The lowest BCUT2D eigenvalue weighted by Gasteiger charge is -2.52. The molecule has 18 rings (SSSR count). The summed E-state index contributed by atoms with van der Waals surface area (Å²) in [7, 11) is 0. The van der Waals surface area contributed by atoms with Crippen LogP contribution in [0, 0.1) is 0 Å². The molecule has 0 fully saturated rings. The zero-order valence-corrected chi connectivity index (χ0v) is 39.9. The summed E-state index contributed by atoms with van der Waals surface area (Å²) in [5.41, 5.74) is 21.9. The van der Waals surface area contributed by atoms with Crippen molar-refractivity contribution in [1.29, 1.82) is 0 Å². The Hall–Kier alpha value is -9.59. The normalized spacial score (nSPS) is 16.1. The van der Waals surface area contributed by atoms with Crippen molar-refractivity contribution in [3.8, 4) is 11.5 Å². The number of para-hydroxylation sites is 8. The third kappa shape index (κ3) is 5.07. The molecule has 344 valence electrons. The van der Waals surface area contributed by atoms with Crippen LogP contribution in [0.2, 0.25) is 0 Å². The van der Waals surface area contributed by atoms with Gasteiger partial charge < -0.3 is 29.2 Å². The summed E-state index contributed by atoms with van der Waals surface area (Å²) in [6.45, 7) is -1.02. The van der Waals surface area contributed by atoms with Gasteiger partial charge in [0.1, 0.15) is 0 Å². The second-order valence-electron chi connectivity index (χ2n) is 20.1. The number of nitrogens with zero attached hydrogens (tertiary/aromatic N) is 5. The summed E-state index contributed by atoms with van der Waals surface area (Å²) in [6, 6.07) is 65.1. The molecule has 0 radical (unpaired) electrons. The fraction of sp³-hybridized carbons (Fsp3) is 0. The third-order valence-corrected chi connectivity index (χ3v) is 16.6. The van der Waals surface area contributed by atoms with E-state index < -0.39 is 6.71 Å². The fourth-order valence-electron chi connectivity index (χ4n) is 14.0. The lowest BCUT2D eigenvalue weighted by molar-refractivity contribution is 0.478. The zero-order valence-electron chi connectivity index (χ0n) is 47.9. The standard InChI is InChI=1S/C66H40B3N5O/c1-5-20-41(21-6-1)70-51-32-15-14-29-46(51)68-49-38-50-56(39-55(49)72(43-24-9-3-10-25-43)54-35-19-34-53(70)61(54)68)73(44-26-11-4-12-27-44)58-40-57-62-66-63(58)69(50)48-31-18-37-60-65(48)74(66)64-47(30-17-36-59(64)75-60)67(62)45-28-13-16-33-52(45)71(57)42-22-7-2-8-23-42/h1-40H/i5D,6D,7D,8D,9D,10D,11D,12D. The summed E-state index contributed by atoms with van der Waals surface area (Å²) in [4.78, 5) is 11.2. The van der Waals surface area contributed by atoms with Crippen molar-refractivity contribution in [2.24, 2.45) is 0 Å². The zero-order chi connectivity index (χ0) is 55.6. The van der Waals surface area contributed by atoms with E-state index >= 15 is 0 Å². The van der Waals surface area contributed by atoms with Crippen molar-refractivity contribution in [2.45, 2.75) is 0 Å². The van der Waals surface area contributed by atoms with Gasteiger partial charge in [0.15, 0.2) is 11.5 Å². The minimum Gasteiger partial charge on any atom is -0.453 e. The van der Waals surface area contributed by atoms with Crippen LogP contribution < -0.4 is 78.4 Å². The molecule has 0 aliphatic carbocycles. The van der Waals surface area contributed by atoms with E-state index in [1.165, 1.54) is 0 Å². The van der Waals surface area contributed by atoms with Gasteiger partial charge in [-0.1, -0.05) is 145 Å². The molecule has 75 heavy (non-hydrogen) atoms. The lowest BCUT2D eigenvalue weighted by atomic mass is 9.28. The monoisotopic (exact) mass is 959 g/mol. The Morgan fingerprint density at radius 1 is 0.267 bits per heavy atom. The molecule has 11 aromatic rings. The van der Waals surface area contributed by atoms with Crippen LogP contribution in [-0.2, 0) is 0 Å². The predicted octanol–water partition coefficient (Wildman–Crippen LogP) is 10.6. The first-order valence-electron chi connectivity index (χ1n) is 29.4. The largest absolute Gasteiger partial charge is 0.453 e. The van der Waals surface area contributed by atoms with Gasteiger partial charge in [-0.25, -0.2) is 0 Å². The highest BCUT2D eigenvalue weighted by molar-refractivity contribution is 7.06. The molecule has 9 heteroatoms. The summed E-state index contributed by atoms with van der Waals surface area (Å²) in [5.74, 6) is 1.48. The highest BCUT2D eigenvalue weighted by Gasteiger charge is 2.55. The second kappa shape index (κ2) is 14.6. The number of benzene rings is 11. The summed E-state index contributed by atoms with van der Waals surface area (Å²) >= 11 is 0. The second-order valence-corrected chi connectivity index (χ2v) is 20.1. The van der Waals surface area contributed by atoms with Crippen molar-refractivity contribution in [1.82, 2.24) is 0 Å². The van der Waals surface area contributed by atoms with E-state index in [1.54, 1.807) is 48.5 Å². The minimum absolute atomic E-state index is 0.185. The number of ether oxygens (including phenoxy) is 1. The van der Waals surface area contributed by atoms with E-state index in [1.807, 2.05) is 42.5 Å². The molecule has 7 aliphatic heterocycles. The summed E-state index contributed by atoms with van der Waals surface area (Å²) in [6.07, 6.45) is 0. The van der Waals surface area contributed by atoms with Crippen molar-refractivity contribution < 1.29 is 15.7 Å². The van der Waals surface area contributed by atoms with Crippen molar-refractivity contribution in [3.05, 3.63) is 242 Å². The van der Waals surface area contributed by atoms with Crippen molar-refractivity contribution in [3.63, 3.8) is 0 Å². The number of hydrogen-bond donors (Lipinski definition) is 0. The molecule has 0 spiro atoms. The molecule has 0 saturated carbocycles. The maximum atomic E-state index is 9.27. The quantitative estimate of drug-likeness (QED) is 0.163. The molecule has 0 aromatic heterocycles. The predicted molar refractivity (Wildman–Crippen MR) is 314 cm³/mol. The molecule has 0 unspecified atom stereocenters. The van der Waals surface area contributed by atoms with Crippen LogP contribution in [-0.4, -0.2) is 20.1 Å². The van der Waals surface area contributed by atoms with Crippen LogP contribution >= 0.6 is 0 Å². The first kappa shape index (κ1) is 33.2. The van der Waals surface area contributed by atoms with E-state index in [4.69, 9.17) is 13.0 Å². The number of rotatable bonds is 4. The Balaban J connectivity index is 0.995. The highest BCUT2D eigenvalue weighted by Crippen LogP contribution is 2.56. The molecule has 11 aromatic carbocycles. The van der Waals surface area contributed by atoms with Crippen LogP contribution in [0.25, 0.3) is 0 Å². The van der Waals surface area contributed by atoms with Gasteiger partial charge in [0.25, 0.3) is 20.1 Å². The number of fused-ring (bicyclic) bond motifs is 10. The Morgan fingerprint density at radius 3 is 1.12 bits per heavy atom. The smallest absolute Gasteiger partial charge is 0.252 e. The molecule has 0 bridgehead atoms. The molecule has 7 heterocycles. The van der Waals surface area contributed by atoms with Crippen LogP contribution in [0.15, 0.2) is 242 Å².